The summed E-state index contributed by atoms with van der Waals surface area (Å²) < 4.78 is 0. The van der Waals surface area contributed by atoms with Crippen LogP contribution in [0.25, 0.3) is 0 Å². The van der Waals surface area contributed by atoms with Crippen LogP contribution >= 0.6 is 0 Å². The van der Waals surface area contributed by atoms with Crippen molar-refractivity contribution < 1.29 is 9.90 Å². The van der Waals surface area contributed by atoms with Crippen molar-refractivity contribution in [2.24, 2.45) is 11.7 Å². The third kappa shape index (κ3) is 2.34. The lowest BCUT2D eigenvalue weighted by Gasteiger charge is -2.13. The maximum absolute atomic E-state index is 10.4. The van der Waals surface area contributed by atoms with Crippen LogP contribution in [0.1, 0.15) is 25.7 Å². The minimum Gasteiger partial charge on any atom is -0.481 e. The first-order valence-electron chi connectivity index (χ1n) is 4.35. The molecule has 68 valence electrons. The predicted molar refractivity (Wildman–Crippen MR) is 46.7 cm³/mol. The monoisotopic (exact) mass is 169 g/mol. The molecule has 0 spiro atoms. The first kappa shape index (κ1) is 9.26. The molecule has 1 rings (SSSR count). The van der Waals surface area contributed by atoms with E-state index in [2.05, 4.69) is 6.08 Å². The van der Waals surface area contributed by atoms with Crippen LogP contribution in [0.4, 0.5) is 0 Å². The smallest absolute Gasteiger partial charge is 0.304 e. The van der Waals surface area contributed by atoms with E-state index in [4.69, 9.17) is 10.8 Å². The highest BCUT2D eigenvalue weighted by Crippen LogP contribution is 2.26. The molecule has 0 aromatic rings. The highest BCUT2D eigenvalue weighted by molar-refractivity contribution is 5.67. The van der Waals surface area contributed by atoms with Gasteiger partial charge in [0.15, 0.2) is 0 Å². The van der Waals surface area contributed by atoms with Gasteiger partial charge in [0.25, 0.3) is 0 Å². The van der Waals surface area contributed by atoms with Gasteiger partial charge >= 0.3 is 5.97 Å². The van der Waals surface area contributed by atoms with Crippen molar-refractivity contribution in [3.63, 3.8) is 0 Å². The van der Waals surface area contributed by atoms with Gasteiger partial charge in [-0.3, -0.25) is 4.79 Å². The molecule has 0 bridgehead atoms. The van der Waals surface area contributed by atoms with Crippen molar-refractivity contribution in [3.05, 3.63) is 11.6 Å². The second-order valence-electron chi connectivity index (χ2n) is 3.20. The summed E-state index contributed by atoms with van der Waals surface area (Å²) >= 11 is 0. The van der Waals surface area contributed by atoms with E-state index in [0.717, 1.165) is 19.3 Å². The number of carboxylic acids is 1. The Labute approximate surface area is 72.3 Å². The zero-order valence-corrected chi connectivity index (χ0v) is 7.12. The predicted octanol–water partition coefficient (Wildman–Crippen LogP) is 1.15. The summed E-state index contributed by atoms with van der Waals surface area (Å²) in [6.07, 6.45) is 5.61. The SMILES string of the molecule is NCC(CC(=O)O)C1=CCCC1. The minimum absolute atomic E-state index is 0.0741. The third-order valence-corrected chi connectivity index (χ3v) is 2.31. The molecule has 3 nitrogen and oxygen atoms in total. The molecule has 0 amide bonds. The average Bonchev–Trinajstić information content (AvgIpc) is 2.51. The van der Waals surface area contributed by atoms with E-state index in [1.165, 1.54) is 5.57 Å². The van der Waals surface area contributed by atoms with E-state index in [0.29, 0.717) is 6.54 Å². The van der Waals surface area contributed by atoms with Gasteiger partial charge in [-0.2, -0.15) is 0 Å². The van der Waals surface area contributed by atoms with E-state index < -0.39 is 5.97 Å². The molecule has 0 fully saturated rings. The number of allylic oxidation sites excluding steroid dienone is 1. The fourth-order valence-electron chi connectivity index (χ4n) is 1.64. The minimum atomic E-state index is -0.752. The Morgan fingerprint density at radius 1 is 1.75 bits per heavy atom. The lowest BCUT2D eigenvalue weighted by atomic mass is 9.95. The largest absolute Gasteiger partial charge is 0.481 e. The topological polar surface area (TPSA) is 63.3 Å². The Balaban J connectivity index is 2.49. The quantitative estimate of drug-likeness (QED) is 0.620. The summed E-state index contributed by atoms with van der Waals surface area (Å²) in [6.45, 7) is 0.456. The molecule has 0 aromatic carbocycles. The van der Waals surface area contributed by atoms with E-state index in [-0.39, 0.29) is 12.3 Å². The van der Waals surface area contributed by atoms with Crippen LogP contribution in [0.3, 0.4) is 0 Å². The Morgan fingerprint density at radius 2 is 2.50 bits per heavy atom. The normalized spacial score (nSPS) is 18.9. The van der Waals surface area contributed by atoms with E-state index in [1.807, 2.05) is 0 Å². The molecule has 12 heavy (non-hydrogen) atoms. The molecule has 1 unspecified atom stereocenters. The standard InChI is InChI=1S/C9H15NO2/c10-6-8(5-9(11)12)7-3-1-2-4-7/h3,8H,1-2,4-6,10H2,(H,11,12). The summed E-state index contributed by atoms with van der Waals surface area (Å²) in [6, 6.07) is 0. The van der Waals surface area contributed by atoms with Crippen LogP contribution in [0, 0.1) is 5.92 Å². The molecule has 0 saturated carbocycles. The first-order chi connectivity index (χ1) is 5.74. The lowest BCUT2D eigenvalue weighted by molar-refractivity contribution is -0.137. The van der Waals surface area contributed by atoms with Crippen molar-refractivity contribution in [2.75, 3.05) is 6.54 Å². The van der Waals surface area contributed by atoms with Crippen LogP contribution in [0.2, 0.25) is 0 Å². The van der Waals surface area contributed by atoms with E-state index in [9.17, 15) is 4.79 Å². The van der Waals surface area contributed by atoms with Gasteiger partial charge < -0.3 is 10.8 Å². The van der Waals surface area contributed by atoms with Crippen molar-refractivity contribution in [3.8, 4) is 0 Å². The zero-order valence-electron chi connectivity index (χ0n) is 7.12. The number of nitrogens with two attached hydrogens (primary N) is 1. The molecular weight excluding hydrogens is 154 g/mol. The molecule has 0 heterocycles. The number of aliphatic carboxylic acids is 1. The summed E-state index contributed by atoms with van der Waals surface area (Å²) in [5, 5.41) is 8.59. The number of hydrogen-bond acceptors (Lipinski definition) is 2. The van der Waals surface area contributed by atoms with Gasteiger partial charge in [0, 0.05) is 5.92 Å². The molecular formula is C9H15NO2. The zero-order chi connectivity index (χ0) is 8.97. The number of rotatable bonds is 4. The average molecular weight is 169 g/mol. The molecule has 0 aliphatic heterocycles. The Morgan fingerprint density at radius 3 is 2.92 bits per heavy atom. The second kappa shape index (κ2) is 4.26. The summed E-state index contributed by atoms with van der Waals surface area (Å²) in [5.41, 5.74) is 6.75. The van der Waals surface area contributed by atoms with Crippen molar-refractivity contribution in [1.82, 2.24) is 0 Å². The highest BCUT2D eigenvalue weighted by atomic mass is 16.4. The van der Waals surface area contributed by atoms with Crippen LogP contribution < -0.4 is 5.73 Å². The van der Waals surface area contributed by atoms with Gasteiger partial charge in [0.1, 0.15) is 0 Å². The molecule has 1 aliphatic carbocycles. The molecule has 0 saturated heterocycles. The Bertz CT molecular complexity index is 199. The van der Waals surface area contributed by atoms with Crippen molar-refractivity contribution >= 4 is 5.97 Å². The molecule has 0 radical (unpaired) electrons. The van der Waals surface area contributed by atoms with E-state index >= 15 is 0 Å². The maximum Gasteiger partial charge on any atom is 0.304 e. The highest BCUT2D eigenvalue weighted by Gasteiger charge is 2.18. The Kier molecular flexibility index (Phi) is 3.29. The van der Waals surface area contributed by atoms with Crippen molar-refractivity contribution in [2.45, 2.75) is 25.7 Å². The summed E-state index contributed by atoms with van der Waals surface area (Å²) in [7, 11) is 0. The van der Waals surface area contributed by atoms with Gasteiger partial charge in [0.05, 0.1) is 6.42 Å². The fourth-order valence-corrected chi connectivity index (χ4v) is 1.64. The first-order valence-corrected chi connectivity index (χ1v) is 4.35. The van der Waals surface area contributed by atoms with Gasteiger partial charge in [-0.15, -0.1) is 0 Å². The number of hydrogen-bond donors (Lipinski definition) is 2. The number of carboxylic acid groups (broad SMARTS) is 1. The molecule has 3 N–H and O–H groups in total. The molecule has 0 aromatic heterocycles. The summed E-state index contributed by atoms with van der Waals surface area (Å²) in [5.74, 6) is -0.678. The summed E-state index contributed by atoms with van der Waals surface area (Å²) in [4.78, 5) is 10.4. The van der Waals surface area contributed by atoms with Crippen LogP contribution in [0.15, 0.2) is 11.6 Å². The second-order valence-corrected chi connectivity index (χ2v) is 3.20. The van der Waals surface area contributed by atoms with Gasteiger partial charge in [-0.25, -0.2) is 0 Å². The number of carbonyl (C=O) groups is 1. The fraction of sp³-hybridized carbons (Fsp3) is 0.667. The lowest BCUT2D eigenvalue weighted by Crippen LogP contribution is -2.19. The van der Waals surface area contributed by atoms with Crippen LogP contribution in [-0.4, -0.2) is 17.6 Å². The van der Waals surface area contributed by atoms with Gasteiger partial charge in [-0.1, -0.05) is 11.6 Å². The van der Waals surface area contributed by atoms with Gasteiger partial charge in [0.2, 0.25) is 0 Å². The van der Waals surface area contributed by atoms with Crippen LogP contribution in [0.5, 0.6) is 0 Å². The van der Waals surface area contributed by atoms with Crippen LogP contribution in [-0.2, 0) is 4.79 Å². The molecule has 1 atom stereocenters. The van der Waals surface area contributed by atoms with Gasteiger partial charge in [-0.05, 0) is 25.8 Å². The third-order valence-electron chi connectivity index (χ3n) is 2.31. The molecule has 1 aliphatic rings. The van der Waals surface area contributed by atoms with Crippen molar-refractivity contribution in [1.29, 1.82) is 0 Å². The maximum atomic E-state index is 10.4. The Hall–Kier alpha value is -0.830. The molecule has 3 heteroatoms. The van der Waals surface area contributed by atoms with E-state index in [1.54, 1.807) is 0 Å².